The monoisotopic (exact) mass is 563 g/mol. The first-order valence-corrected chi connectivity index (χ1v) is 26.8. The van der Waals surface area contributed by atoms with E-state index < -0.39 is 33.0 Å². The first kappa shape index (κ1) is 35.7. The van der Waals surface area contributed by atoms with Crippen LogP contribution < -0.4 is 5.73 Å². The molecule has 0 spiro atoms. The summed E-state index contributed by atoms with van der Waals surface area (Å²) in [5.74, 6) is 0. The summed E-state index contributed by atoms with van der Waals surface area (Å²) in [4.78, 5) is 0. The molecule has 0 saturated carbocycles. The van der Waals surface area contributed by atoms with E-state index in [-0.39, 0.29) is 21.6 Å². The summed E-state index contributed by atoms with van der Waals surface area (Å²) in [5, 5.41) is -0.264. The van der Waals surface area contributed by atoms with Crippen LogP contribution in [-0.4, -0.2) is 56.1 Å². The minimum absolute atomic E-state index is 0.00885. The Morgan fingerprint density at radius 2 is 1.20 bits per heavy atom. The van der Waals surface area contributed by atoms with E-state index in [1.165, 1.54) is 0 Å². The predicted molar refractivity (Wildman–Crippen MR) is 168 cm³/mol. The van der Waals surface area contributed by atoms with E-state index in [4.69, 9.17) is 19.0 Å². The minimum atomic E-state index is -2.27. The zero-order chi connectivity index (χ0) is 28.1. The van der Waals surface area contributed by atoms with Gasteiger partial charge in [-0.25, -0.2) is 0 Å². The maximum absolute atomic E-state index is 7.54. The van der Waals surface area contributed by atoms with Crippen molar-refractivity contribution in [2.24, 2.45) is 5.73 Å². The van der Waals surface area contributed by atoms with Crippen LogP contribution in [0.15, 0.2) is 0 Å². The minimum Gasteiger partial charge on any atom is -0.414 e. The van der Waals surface area contributed by atoms with E-state index in [0.717, 1.165) is 44.7 Å². The molecule has 0 aromatic carbocycles. The molecule has 0 rings (SSSR count). The predicted octanol–water partition coefficient (Wildman–Crippen LogP) is 8.70. The van der Waals surface area contributed by atoms with Crippen LogP contribution in [0, 0.1) is 0 Å². The highest BCUT2D eigenvalue weighted by atomic mass is 28.4. The first-order chi connectivity index (χ1) is 15.6. The number of hydrogen-bond acceptors (Lipinski definition) is 4. The van der Waals surface area contributed by atoms with Crippen molar-refractivity contribution in [3.05, 3.63) is 0 Å². The van der Waals surface area contributed by atoms with E-state index in [9.17, 15) is 0 Å². The molecule has 0 aliphatic carbocycles. The van der Waals surface area contributed by atoms with Crippen molar-refractivity contribution in [2.45, 2.75) is 167 Å². The van der Waals surface area contributed by atoms with Crippen molar-refractivity contribution in [3.8, 4) is 0 Å². The fourth-order valence-corrected chi connectivity index (χ4v) is 18.9. The van der Waals surface area contributed by atoms with Gasteiger partial charge in [0, 0.05) is 10.3 Å². The lowest BCUT2D eigenvalue weighted by molar-refractivity contribution is 0.0564. The van der Waals surface area contributed by atoms with E-state index in [1.54, 1.807) is 0 Å². The Hall–Kier alpha value is 0.708. The third-order valence-electron chi connectivity index (χ3n) is 9.51. The van der Waals surface area contributed by atoms with Crippen LogP contribution >= 0.6 is 0 Å². The van der Waals surface area contributed by atoms with Crippen LogP contribution in [0.5, 0.6) is 0 Å². The van der Waals surface area contributed by atoms with Crippen molar-refractivity contribution >= 4 is 33.0 Å². The van der Waals surface area contributed by atoms with Crippen LogP contribution in [0.2, 0.25) is 70.0 Å². The lowest BCUT2D eigenvalue weighted by Gasteiger charge is -2.56. The Bertz CT molecular complexity index is 651. The highest BCUT2D eigenvalue weighted by molar-refractivity contribution is 6.82. The van der Waals surface area contributed by atoms with Crippen molar-refractivity contribution in [1.82, 2.24) is 0 Å². The highest BCUT2D eigenvalue weighted by Gasteiger charge is 2.58. The maximum atomic E-state index is 7.54. The molecule has 35 heavy (non-hydrogen) atoms. The molecular formula is C27H65NO3Si4. The average Bonchev–Trinajstić information content (AvgIpc) is 2.72. The topological polar surface area (TPSA) is 53.7 Å². The Morgan fingerprint density at radius 3 is 1.51 bits per heavy atom. The van der Waals surface area contributed by atoms with Gasteiger partial charge in [-0.1, -0.05) is 54.3 Å². The second-order valence-corrected chi connectivity index (χ2v) is 32.8. The molecule has 0 aliphatic rings. The third-order valence-corrected chi connectivity index (χ3v) is 23.8. The van der Waals surface area contributed by atoms with E-state index in [0.29, 0.717) is 0 Å². The number of rotatable bonds is 17. The van der Waals surface area contributed by atoms with Crippen LogP contribution in [0.4, 0.5) is 0 Å². The molecule has 0 amide bonds. The molecule has 0 radical (unpaired) electrons. The Labute approximate surface area is 225 Å². The fraction of sp³-hybridized carbons (Fsp3) is 1.00. The third kappa shape index (κ3) is 8.34. The molecule has 0 fully saturated rings. The van der Waals surface area contributed by atoms with E-state index in [1.807, 2.05) is 0 Å². The lowest BCUT2D eigenvalue weighted by atomic mass is 9.98. The second kappa shape index (κ2) is 12.7. The van der Waals surface area contributed by atoms with Crippen LogP contribution in [0.1, 0.15) is 80.6 Å². The van der Waals surface area contributed by atoms with Crippen LogP contribution in [-0.2, 0) is 13.3 Å². The van der Waals surface area contributed by atoms with Gasteiger partial charge in [0.25, 0.3) is 0 Å². The smallest absolute Gasteiger partial charge is 0.216 e. The van der Waals surface area contributed by atoms with Crippen molar-refractivity contribution < 1.29 is 13.3 Å². The van der Waals surface area contributed by atoms with Gasteiger partial charge in [-0.15, -0.1) is 0 Å². The molecular weight excluding hydrogens is 499 g/mol. The van der Waals surface area contributed by atoms with Gasteiger partial charge in [0.05, 0.1) is 19.4 Å². The quantitative estimate of drug-likeness (QED) is 0.180. The van der Waals surface area contributed by atoms with Gasteiger partial charge in [0.1, 0.15) is 0 Å². The molecule has 212 valence electrons. The number of hydrogen-bond donors (Lipinski definition) is 1. The van der Waals surface area contributed by atoms with Gasteiger partial charge >= 0.3 is 0 Å². The molecule has 5 atom stereocenters. The molecule has 4 unspecified atom stereocenters. The summed E-state index contributed by atoms with van der Waals surface area (Å²) in [6, 6.07) is 1.09. The standard InChI is InChI=1S/C27H65NO3Si4/c1-17-24(29-34(14,15)27(7,20-4)30-33(11,12)13)25(5,18-2)35(16,23-21-22-28)31-26(6,19-3)32(8,9)10/h24H,17-23,28H2,1-16H3/t24?,25?,26?,27?,35-/m0/s1. The lowest BCUT2D eigenvalue weighted by Crippen LogP contribution is -2.65. The largest absolute Gasteiger partial charge is 0.414 e. The SMILES string of the molecule is CCC(O[Si](C)(C)C(C)(CC)O[Si](C)(C)C)C(C)(CC)[Si@](C)(CCCN)OC(C)(CC)[Si](C)(C)C. The van der Waals surface area contributed by atoms with Crippen molar-refractivity contribution in [1.29, 1.82) is 0 Å². The molecule has 8 heteroatoms. The Morgan fingerprint density at radius 1 is 0.714 bits per heavy atom. The number of nitrogens with two attached hydrogens (primary N) is 1. The normalized spacial score (nSPS) is 21.5. The molecule has 4 nitrogen and oxygen atoms in total. The van der Waals surface area contributed by atoms with E-state index in [2.05, 4.69) is 107 Å². The Kier molecular flexibility index (Phi) is 13.0. The maximum Gasteiger partial charge on any atom is 0.216 e. The van der Waals surface area contributed by atoms with Crippen LogP contribution in [0.3, 0.4) is 0 Å². The summed E-state index contributed by atoms with van der Waals surface area (Å²) >= 11 is 0. The molecule has 2 N–H and O–H groups in total. The van der Waals surface area contributed by atoms with E-state index >= 15 is 0 Å². The first-order valence-electron chi connectivity index (χ1n) is 14.4. The van der Waals surface area contributed by atoms with Crippen molar-refractivity contribution in [3.63, 3.8) is 0 Å². The molecule has 0 aromatic rings. The van der Waals surface area contributed by atoms with Crippen molar-refractivity contribution in [2.75, 3.05) is 6.54 Å². The Balaban J connectivity index is 6.62. The zero-order valence-electron chi connectivity index (χ0n) is 26.8. The van der Waals surface area contributed by atoms with Gasteiger partial charge in [0.15, 0.2) is 16.6 Å². The molecule has 0 saturated heterocycles. The summed E-state index contributed by atoms with van der Waals surface area (Å²) in [5.41, 5.74) is 6.08. The van der Waals surface area contributed by atoms with Gasteiger partial charge in [-0.05, 0) is 97.8 Å². The summed E-state index contributed by atoms with van der Waals surface area (Å²) in [6.07, 6.45) is 5.28. The summed E-state index contributed by atoms with van der Waals surface area (Å²) in [6.45, 7) is 38.7. The molecule has 0 aromatic heterocycles. The molecule has 0 heterocycles. The van der Waals surface area contributed by atoms with Gasteiger partial charge < -0.3 is 19.0 Å². The summed E-state index contributed by atoms with van der Waals surface area (Å²) in [7, 11) is -7.79. The molecule has 0 bridgehead atoms. The summed E-state index contributed by atoms with van der Waals surface area (Å²) < 4.78 is 21.8. The van der Waals surface area contributed by atoms with Gasteiger partial charge in [-0.3, -0.25) is 0 Å². The van der Waals surface area contributed by atoms with Crippen LogP contribution in [0.25, 0.3) is 0 Å². The molecule has 0 aliphatic heterocycles. The van der Waals surface area contributed by atoms with Gasteiger partial charge in [-0.2, -0.15) is 0 Å². The average molecular weight is 564 g/mol. The van der Waals surface area contributed by atoms with Gasteiger partial charge in [0.2, 0.25) is 8.32 Å². The second-order valence-electron chi connectivity index (χ2n) is 14.2. The highest BCUT2D eigenvalue weighted by Crippen LogP contribution is 2.53. The fourth-order valence-electron chi connectivity index (χ4n) is 5.53. The zero-order valence-corrected chi connectivity index (χ0v) is 30.8.